The number of carbonyl (C=O) groups excluding carboxylic acids is 1. The van der Waals surface area contributed by atoms with Crippen molar-refractivity contribution in [3.63, 3.8) is 0 Å². The normalized spacial score (nSPS) is 37.5. The Bertz CT molecular complexity index is 178. The van der Waals surface area contributed by atoms with E-state index >= 15 is 0 Å². The van der Waals surface area contributed by atoms with E-state index in [2.05, 4.69) is 0 Å². The molecule has 1 heterocycles. The standard InChI is InChI=1S/C9H15NO/c1-10-6-7-4-2-3-5-8(7)9(10)11/h7-8H,2-6H2,1H3/t7-,8+/m1/s1. The topological polar surface area (TPSA) is 20.3 Å². The summed E-state index contributed by atoms with van der Waals surface area (Å²) < 4.78 is 0. The number of fused-ring (bicyclic) bond motifs is 1. The zero-order valence-electron chi connectivity index (χ0n) is 7.05. The van der Waals surface area contributed by atoms with Crippen molar-refractivity contribution in [3.8, 4) is 0 Å². The molecule has 1 amide bonds. The molecule has 0 bridgehead atoms. The summed E-state index contributed by atoms with van der Waals surface area (Å²) >= 11 is 0. The first-order valence-electron chi connectivity index (χ1n) is 4.54. The van der Waals surface area contributed by atoms with E-state index in [0.29, 0.717) is 17.7 Å². The fraction of sp³-hybridized carbons (Fsp3) is 0.889. The van der Waals surface area contributed by atoms with Gasteiger partial charge in [-0.2, -0.15) is 0 Å². The van der Waals surface area contributed by atoms with Crippen LogP contribution in [-0.4, -0.2) is 24.4 Å². The molecule has 2 atom stereocenters. The van der Waals surface area contributed by atoms with Gasteiger partial charge in [-0.25, -0.2) is 0 Å². The number of amides is 1. The highest BCUT2D eigenvalue weighted by Crippen LogP contribution is 2.35. The van der Waals surface area contributed by atoms with Crippen molar-refractivity contribution in [2.24, 2.45) is 11.8 Å². The largest absolute Gasteiger partial charge is 0.345 e. The first-order chi connectivity index (χ1) is 5.29. The van der Waals surface area contributed by atoms with Crippen molar-refractivity contribution in [2.75, 3.05) is 13.6 Å². The third-order valence-corrected chi connectivity index (χ3v) is 3.11. The third kappa shape index (κ3) is 1.05. The minimum atomic E-state index is 0.397. The lowest BCUT2D eigenvalue weighted by atomic mass is 9.81. The molecule has 0 aromatic heterocycles. The molecule has 1 saturated carbocycles. The Kier molecular flexibility index (Phi) is 1.63. The van der Waals surface area contributed by atoms with Gasteiger partial charge in [-0.15, -0.1) is 0 Å². The molecule has 2 rings (SSSR count). The first-order valence-corrected chi connectivity index (χ1v) is 4.54. The summed E-state index contributed by atoms with van der Waals surface area (Å²) in [6, 6.07) is 0. The van der Waals surface area contributed by atoms with Crippen molar-refractivity contribution in [2.45, 2.75) is 25.7 Å². The summed E-state index contributed by atoms with van der Waals surface area (Å²) in [5.41, 5.74) is 0. The van der Waals surface area contributed by atoms with Crippen molar-refractivity contribution in [1.29, 1.82) is 0 Å². The predicted molar refractivity (Wildman–Crippen MR) is 43.1 cm³/mol. The van der Waals surface area contributed by atoms with Gasteiger partial charge in [0.2, 0.25) is 5.91 Å². The quantitative estimate of drug-likeness (QED) is 0.513. The maximum Gasteiger partial charge on any atom is 0.225 e. The van der Waals surface area contributed by atoms with Crippen LogP contribution in [0.25, 0.3) is 0 Å². The molecule has 1 aliphatic carbocycles. The molecule has 0 radical (unpaired) electrons. The van der Waals surface area contributed by atoms with Gasteiger partial charge in [0, 0.05) is 19.5 Å². The molecule has 62 valence electrons. The SMILES string of the molecule is CN1C[C@H]2CCCC[C@@H]2C1=O. The molecule has 1 saturated heterocycles. The molecule has 2 fully saturated rings. The first kappa shape index (κ1) is 7.14. The van der Waals surface area contributed by atoms with Crippen molar-refractivity contribution >= 4 is 5.91 Å². The smallest absolute Gasteiger partial charge is 0.225 e. The Hall–Kier alpha value is -0.530. The van der Waals surface area contributed by atoms with Gasteiger partial charge >= 0.3 is 0 Å². The molecule has 1 aliphatic heterocycles. The summed E-state index contributed by atoms with van der Waals surface area (Å²) in [7, 11) is 1.93. The zero-order chi connectivity index (χ0) is 7.84. The van der Waals surface area contributed by atoms with Crippen LogP contribution in [0.3, 0.4) is 0 Å². The molecule has 0 N–H and O–H groups in total. The van der Waals surface area contributed by atoms with E-state index in [-0.39, 0.29) is 0 Å². The van der Waals surface area contributed by atoms with Crippen LogP contribution >= 0.6 is 0 Å². The second-order valence-electron chi connectivity index (χ2n) is 3.87. The molecule has 0 spiro atoms. The lowest BCUT2D eigenvalue weighted by Gasteiger charge is -2.21. The number of hydrogen-bond donors (Lipinski definition) is 0. The summed E-state index contributed by atoms with van der Waals surface area (Å²) in [6.07, 6.45) is 5.03. The minimum absolute atomic E-state index is 0.397. The van der Waals surface area contributed by atoms with Gasteiger partial charge in [0.1, 0.15) is 0 Å². The molecule has 2 heteroatoms. The average Bonchev–Trinajstić information content (AvgIpc) is 2.30. The number of likely N-dealkylation sites (tertiary alicyclic amines) is 1. The second-order valence-corrected chi connectivity index (χ2v) is 3.87. The number of nitrogens with zero attached hydrogens (tertiary/aromatic N) is 1. The molecular weight excluding hydrogens is 138 g/mol. The van der Waals surface area contributed by atoms with E-state index in [9.17, 15) is 4.79 Å². The molecule has 11 heavy (non-hydrogen) atoms. The summed E-state index contributed by atoms with van der Waals surface area (Å²) in [6.45, 7) is 1.02. The van der Waals surface area contributed by atoms with Crippen LogP contribution in [0, 0.1) is 11.8 Å². The number of rotatable bonds is 0. The van der Waals surface area contributed by atoms with Gasteiger partial charge in [0.15, 0.2) is 0 Å². The van der Waals surface area contributed by atoms with E-state index in [1.54, 1.807) is 0 Å². The fourth-order valence-corrected chi connectivity index (χ4v) is 2.48. The number of carbonyl (C=O) groups is 1. The van der Waals surface area contributed by atoms with Gasteiger partial charge in [0.25, 0.3) is 0 Å². The Morgan fingerprint density at radius 2 is 2.09 bits per heavy atom. The van der Waals surface area contributed by atoms with Crippen LogP contribution in [-0.2, 0) is 4.79 Å². The van der Waals surface area contributed by atoms with Gasteiger partial charge < -0.3 is 4.90 Å². The maximum absolute atomic E-state index is 11.5. The van der Waals surface area contributed by atoms with Crippen molar-refractivity contribution in [1.82, 2.24) is 4.90 Å². The van der Waals surface area contributed by atoms with Gasteiger partial charge in [-0.1, -0.05) is 12.8 Å². The molecule has 2 aliphatic rings. The van der Waals surface area contributed by atoms with Crippen LogP contribution < -0.4 is 0 Å². The van der Waals surface area contributed by atoms with Crippen LogP contribution in [0.5, 0.6) is 0 Å². The molecule has 2 nitrogen and oxygen atoms in total. The zero-order valence-corrected chi connectivity index (χ0v) is 7.05. The summed E-state index contributed by atoms with van der Waals surface area (Å²) in [4.78, 5) is 13.4. The average molecular weight is 153 g/mol. The van der Waals surface area contributed by atoms with Crippen LogP contribution in [0.1, 0.15) is 25.7 Å². The lowest BCUT2D eigenvalue weighted by molar-refractivity contribution is -0.130. The van der Waals surface area contributed by atoms with Crippen molar-refractivity contribution < 1.29 is 4.79 Å². The fourth-order valence-electron chi connectivity index (χ4n) is 2.48. The van der Waals surface area contributed by atoms with Crippen molar-refractivity contribution in [3.05, 3.63) is 0 Å². The third-order valence-electron chi connectivity index (χ3n) is 3.11. The van der Waals surface area contributed by atoms with E-state index < -0.39 is 0 Å². The van der Waals surface area contributed by atoms with E-state index in [0.717, 1.165) is 13.0 Å². The monoisotopic (exact) mass is 153 g/mol. The van der Waals surface area contributed by atoms with E-state index in [1.165, 1.54) is 19.3 Å². The lowest BCUT2D eigenvalue weighted by Crippen LogP contribution is -2.23. The molecular formula is C9H15NO. The predicted octanol–water partition coefficient (Wildman–Crippen LogP) is 1.26. The van der Waals surface area contributed by atoms with Gasteiger partial charge in [0.05, 0.1) is 0 Å². The maximum atomic E-state index is 11.5. The highest BCUT2D eigenvalue weighted by atomic mass is 16.2. The van der Waals surface area contributed by atoms with Crippen LogP contribution in [0.2, 0.25) is 0 Å². The number of hydrogen-bond acceptors (Lipinski definition) is 1. The van der Waals surface area contributed by atoms with Gasteiger partial charge in [-0.05, 0) is 18.8 Å². The van der Waals surface area contributed by atoms with Gasteiger partial charge in [-0.3, -0.25) is 4.79 Å². The molecule has 0 unspecified atom stereocenters. The van der Waals surface area contributed by atoms with Crippen LogP contribution in [0.4, 0.5) is 0 Å². The van der Waals surface area contributed by atoms with E-state index in [4.69, 9.17) is 0 Å². The van der Waals surface area contributed by atoms with Crippen LogP contribution in [0.15, 0.2) is 0 Å². The highest BCUT2D eigenvalue weighted by Gasteiger charge is 2.39. The Morgan fingerprint density at radius 3 is 2.82 bits per heavy atom. The molecule has 0 aromatic rings. The molecule has 0 aromatic carbocycles. The Labute approximate surface area is 67.6 Å². The summed E-state index contributed by atoms with van der Waals surface area (Å²) in [5.74, 6) is 1.49. The van der Waals surface area contributed by atoms with E-state index in [1.807, 2.05) is 11.9 Å². The minimum Gasteiger partial charge on any atom is -0.345 e. The summed E-state index contributed by atoms with van der Waals surface area (Å²) in [5, 5.41) is 0. The second kappa shape index (κ2) is 2.50. The Balaban J connectivity index is 2.11. The highest BCUT2D eigenvalue weighted by molar-refractivity contribution is 5.81. The Morgan fingerprint density at radius 1 is 1.36 bits per heavy atom.